The van der Waals surface area contributed by atoms with Crippen molar-refractivity contribution in [2.75, 3.05) is 13.1 Å². The number of aromatic amines is 1. The second kappa shape index (κ2) is 4.02. The van der Waals surface area contributed by atoms with Crippen LogP contribution in [0.1, 0.15) is 19.7 Å². The van der Waals surface area contributed by atoms with Crippen molar-refractivity contribution in [1.29, 1.82) is 0 Å². The van der Waals surface area contributed by atoms with Gasteiger partial charge in [0.1, 0.15) is 0 Å². The van der Waals surface area contributed by atoms with Gasteiger partial charge in [0, 0.05) is 25.2 Å². The maximum Gasteiger partial charge on any atom is 0.188 e. The summed E-state index contributed by atoms with van der Waals surface area (Å²) in [7, 11) is 0. The highest BCUT2D eigenvalue weighted by molar-refractivity contribution is 4.84. The van der Waals surface area contributed by atoms with Gasteiger partial charge in [0.05, 0.1) is 6.54 Å². The number of nitrogens with one attached hydrogen (secondary N) is 2. The summed E-state index contributed by atoms with van der Waals surface area (Å²) in [4.78, 5) is 2.34. The minimum absolute atomic E-state index is 0.533. The second-order valence-electron chi connectivity index (χ2n) is 3.99. The molecule has 2 heterocycles. The van der Waals surface area contributed by atoms with Crippen molar-refractivity contribution in [1.82, 2.24) is 30.8 Å². The third-order valence-corrected chi connectivity index (χ3v) is 2.39. The van der Waals surface area contributed by atoms with E-state index in [1.807, 2.05) is 0 Å². The molecular formula is C8H16N6. The van der Waals surface area contributed by atoms with Crippen molar-refractivity contribution in [3.8, 4) is 0 Å². The fraction of sp³-hybridized carbons (Fsp3) is 0.875. The van der Waals surface area contributed by atoms with Gasteiger partial charge >= 0.3 is 0 Å². The molecular weight excluding hydrogens is 180 g/mol. The first-order chi connectivity index (χ1) is 6.74. The summed E-state index contributed by atoms with van der Waals surface area (Å²) in [5.74, 6) is 0.770. The Morgan fingerprint density at radius 2 is 2.07 bits per heavy atom. The molecule has 0 unspecified atom stereocenters. The predicted octanol–water partition coefficient (Wildman–Crippen LogP) is -0.618. The van der Waals surface area contributed by atoms with Gasteiger partial charge in [-0.2, -0.15) is 5.21 Å². The van der Waals surface area contributed by atoms with Gasteiger partial charge < -0.3 is 5.32 Å². The fourth-order valence-electron chi connectivity index (χ4n) is 2.02. The monoisotopic (exact) mass is 196 g/mol. The quantitative estimate of drug-likeness (QED) is 0.660. The lowest BCUT2D eigenvalue weighted by atomic mass is 10.1. The zero-order chi connectivity index (χ0) is 9.97. The number of H-pyrrole nitrogens is 1. The Hall–Kier alpha value is -1.01. The molecule has 2 atom stereocenters. The average molecular weight is 196 g/mol. The number of piperazine rings is 1. The number of hydrogen-bond acceptors (Lipinski definition) is 5. The number of tetrazole rings is 1. The van der Waals surface area contributed by atoms with Crippen LogP contribution in [0.4, 0.5) is 0 Å². The normalized spacial score (nSPS) is 29.3. The molecule has 6 heteroatoms. The highest BCUT2D eigenvalue weighted by Gasteiger charge is 2.21. The number of nitrogens with zero attached hydrogens (tertiary/aromatic N) is 4. The van der Waals surface area contributed by atoms with Crippen molar-refractivity contribution in [2.45, 2.75) is 32.5 Å². The Morgan fingerprint density at radius 3 is 2.64 bits per heavy atom. The topological polar surface area (TPSA) is 69.7 Å². The summed E-state index contributed by atoms with van der Waals surface area (Å²) < 4.78 is 0. The molecule has 14 heavy (non-hydrogen) atoms. The molecule has 1 aliphatic heterocycles. The molecule has 0 aliphatic carbocycles. The van der Waals surface area contributed by atoms with Crippen LogP contribution in [0.15, 0.2) is 0 Å². The summed E-state index contributed by atoms with van der Waals surface area (Å²) >= 11 is 0. The summed E-state index contributed by atoms with van der Waals surface area (Å²) in [5.41, 5.74) is 0. The van der Waals surface area contributed by atoms with Gasteiger partial charge in [0.2, 0.25) is 0 Å². The lowest BCUT2D eigenvalue weighted by molar-refractivity contribution is 0.163. The van der Waals surface area contributed by atoms with E-state index in [0.717, 1.165) is 25.5 Å². The van der Waals surface area contributed by atoms with Crippen LogP contribution >= 0.6 is 0 Å². The van der Waals surface area contributed by atoms with Crippen LogP contribution in [0.2, 0.25) is 0 Å². The lowest BCUT2D eigenvalue weighted by Crippen LogP contribution is -2.53. The van der Waals surface area contributed by atoms with E-state index >= 15 is 0 Å². The molecule has 78 valence electrons. The van der Waals surface area contributed by atoms with Crippen LogP contribution in [0.3, 0.4) is 0 Å². The van der Waals surface area contributed by atoms with Gasteiger partial charge in [-0.1, -0.05) is 5.21 Å². The summed E-state index contributed by atoms with van der Waals surface area (Å²) in [5, 5.41) is 17.4. The molecule has 1 aromatic rings. The molecule has 1 aliphatic rings. The summed E-state index contributed by atoms with van der Waals surface area (Å²) in [6.45, 7) is 7.25. The molecule has 0 radical (unpaired) electrons. The number of aromatic nitrogens is 4. The minimum Gasteiger partial charge on any atom is -0.309 e. The summed E-state index contributed by atoms with van der Waals surface area (Å²) in [6.07, 6.45) is 0. The van der Waals surface area contributed by atoms with Gasteiger partial charge in [0.25, 0.3) is 0 Å². The zero-order valence-corrected chi connectivity index (χ0v) is 8.56. The maximum atomic E-state index is 3.95. The molecule has 2 N–H and O–H groups in total. The van der Waals surface area contributed by atoms with E-state index in [0.29, 0.717) is 12.1 Å². The maximum absolute atomic E-state index is 3.95. The Bertz CT molecular complexity index is 261. The first-order valence-electron chi connectivity index (χ1n) is 4.95. The van der Waals surface area contributed by atoms with E-state index in [9.17, 15) is 0 Å². The summed E-state index contributed by atoms with van der Waals surface area (Å²) in [6, 6.07) is 1.07. The van der Waals surface area contributed by atoms with Gasteiger partial charge in [-0.25, -0.2) is 0 Å². The van der Waals surface area contributed by atoms with Crippen molar-refractivity contribution >= 4 is 0 Å². The Morgan fingerprint density at radius 1 is 1.36 bits per heavy atom. The van der Waals surface area contributed by atoms with Crippen molar-refractivity contribution in [3.05, 3.63) is 5.82 Å². The van der Waals surface area contributed by atoms with E-state index in [1.165, 1.54) is 0 Å². The Labute approximate surface area is 83.1 Å². The number of hydrogen-bond donors (Lipinski definition) is 2. The third kappa shape index (κ3) is 2.27. The molecule has 1 aromatic heterocycles. The van der Waals surface area contributed by atoms with E-state index in [4.69, 9.17) is 0 Å². The highest BCUT2D eigenvalue weighted by Crippen LogP contribution is 2.06. The highest BCUT2D eigenvalue weighted by atomic mass is 15.5. The Kier molecular flexibility index (Phi) is 2.74. The largest absolute Gasteiger partial charge is 0.309 e. The Balaban J connectivity index is 1.91. The van der Waals surface area contributed by atoms with Crippen LogP contribution < -0.4 is 5.32 Å². The van der Waals surface area contributed by atoms with Crippen molar-refractivity contribution in [2.24, 2.45) is 0 Å². The standard InChI is InChI=1S/C8H16N6/c1-6-3-14(4-7(2)9-6)5-8-10-12-13-11-8/h6-7,9H,3-5H2,1-2H3,(H,10,11,12,13)/t6-,7+. The van der Waals surface area contributed by atoms with Crippen LogP contribution in [-0.2, 0) is 6.54 Å². The smallest absolute Gasteiger partial charge is 0.188 e. The minimum atomic E-state index is 0.533. The van der Waals surface area contributed by atoms with Crippen LogP contribution in [0, 0.1) is 0 Å². The van der Waals surface area contributed by atoms with Crippen molar-refractivity contribution < 1.29 is 0 Å². The second-order valence-corrected chi connectivity index (χ2v) is 3.99. The van der Waals surface area contributed by atoms with Gasteiger partial charge in [-0.05, 0) is 13.8 Å². The molecule has 0 amide bonds. The van der Waals surface area contributed by atoms with Gasteiger partial charge in [-0.3, -0.25) is 4.90 Å². The molecule has 0 bridgehead atoms. The molecule has 1 fully saturated rings. The van der Waals surface area contributed by atoms with Crippen molar-refractivity contribution in [3.63, 3.8) is 0 Å². The molecule has 0 saturated carbocycles. The van der Waals surface area contributed by atoms with Gasteiger partial charge in [-0.15, -0.1) is 10.2 Å². The molecule has 0 aromatic carbocycles. The lowest BCUT2D eigenvalue weighted by Gasteiger charge is -2.35. The SMILES string of the molecule is C[C@@H]1CN(Cc2nn[nH]n2)C[C@H](C)N1. The average Bonchev–Trinajstić information content (AvgIpc) is 2.54. The predicted molar refractivity (Wildman–Crippen MR) is 51.5 cm³/mol. The fourth-order valence-corrected chi connectivity index (χ4v) is 2.02. The van der Waals surface area contributed by atoms with Gasteiger partial charge in [0.15, 0.2) is 5.82 Å². The first kappa shape index (κ1) is 9.54. The molecule has 6 nitrogen and oxygen atoms in total. The molecule has 0 spiro atoms. The van der Waals surface area contributed by atoms with E-state index in [1.54, 1.807) is 0 Å². The van der Waals surface area contributed by atoms with Crippen LogP contribution in [0.25, 0.3) is 0 Å². The van der Waals surface area contributed by atoms with Crippen LogP contribution in [0.5, 0.6) is 0 Å². The molecule has 1 saturated heterocycles. The van der Waals surface area contributed by atoms with Crippen LogP contribution in [-0.4, -0.2) is 50.7 Å². The first-order valence-corrected chi connectivity index (χ1v) is 4.95. The third-order valence-electron chi connectivity index (χ3n) is 2.39. The number of rotatable bonds is 2. The van der Waals surface area contributed by atoms with E-state index in [-0.39, 0.29) is 0 Å². The zero-order valence-electron chi connectivity index (χ0n) is 8.56. The molecule has 2 rings (SSSR count). The van der Waals surface area contributed by atoms with E-state index < -0.39 is 0 Å². The van der Waals surface area contributed by atoms with E-state index in [2.05, 4.69) is 44.7 Å².